The second kappa shape index (κ2) is 15.7. The van der Waals surface area contributed by atoms with Crippen LogP contribution in [0, 0.1) is 11.6 Å². The van der Waals surface area contributed by atoms with Gasteiger partial charge in [-0.15, -0.1) is 0 Å². The van der Waals surface area contributed by atoms with Gasteiger partial charge in [-0.3, -0.25) is 4.90 Å². The second-order valence-corrected chi connectivity index (χ2v) is 11.0. The van der Waals surface area contributed by atoms with Crippen molar-refractivity contribution in [2.75, 3.05) is 50.9 Å². The molecule has 3 aliphatic rings. The van der Waals surface area contributed by atoms with Crippen molar-refractivity contribution in [3.63, 3.8) is 0 Å². The molecule has 0 aliphatic carbocycles. The van der Waals surface area contributed by atoms with E-state index in [1.807, 2.05) is 20.8 Å². The second-order valence-electron chi connectivity index (χ2n) is 11.0. The number of pyridine rings is 1. The lowest BCUT2D eigenvalue weighted by atomic mass is 9.99. The Labute approximate surface area is 260 Å². The number of rotatable bonds is 4. The van der Waals surface area contributed by atoms with Crippen LogP contribution >= 0.6 is 0 Å². The van der Waals surface area contributed by atoms with E-state index in [-0.39, 0.29) is 57.2 Å². The van der Waals surface area contributed by atoms with Gasteiger partial charge in [0.1, 0.15) is 34.4 Å². The first kappa shape index (κ1) is 34.4. The summed E-state index contributed by atoms with van der Waals surface area (Å²) in [5.74, 6) is -1.55. The lowest BCUT2D eigenvalue weighted by molar-refractivity contribution is 0.149. The molecule has 3 unspecified atom stereocenters. The van der Waals surface area contributed by atoms with Crippen LogP contribution in [0.15, 0.2) is 12.1 Å². The number of hydrogen-bond acceptors (Lipinski definition) is 9. The van der Waals surface area contributed by atoms with E-state index >= 15 is 4.39 Å². The third kappa shape index (κ3) is 8.20. The molecule has 4 N–H and O–H groups in total. The summed E-state index contributed by atoms with van der Waals surface area (Å²) in [7, 11) is 1.33. The van der Waals surface area contributed by atoms with Crippen molar-refractivity contribution in [2.24, 2.45) is 0 Å². The maximum Gasteiger partial charge on any atom is 0.318 e. The average Bonchev–Trinajstić information content (AvgIpc) is 3.59. The summed E-state index contributed by atoms with van der Waals surface area (Å²) in [5.41, 5.74) is 4.62. The number of benzene rings is 1. The van der Waals surface area contributed by atoms with E-state index in [1.54, 1.807) is 0 Å². The number of methoxy groups -OCH3 is 1. The first-order valence-corrected chi connectivity index (χ1v) is 15.5. The van der Waals surface area contributed by atoms with E-state index in [0.29, 0.717) is 38.6 Å². The Morgan fingerprint density at radius 3 is 2.60 bits per heavy atom. The largest absolute Gasteiger partial charge is 0.474 e. The summed E-state index contributed by atoms with van der Waals surface area (Å²) < 4.78 is 80.3. The van der Waals surface area contributed by atoms with Crippen molar-refractivity contribution < 1.29 is 31.4 Å². The molecular formula is C31H42F5N7O2. The number of hydrogen-bond donors (Lipinski definition) is 3. The van der Waals surface area contributed by atoms with E-state index in [2.05, 4.69) is 30.5 Å². The molecule has 45 heavy (non-hydrogen) atoms. The van der Waals surface area contributed by atoms with Gasteiger partial charge >= 0.3 is 6.01 Å². The minimum atomic E-state index is -2.80. The number of nitrogens with zero attached hydrogens (tertiary/aromatic N) is 4. The molecule has 0 bridgehead atoms. The molecule has 0 amide bonds. The molecule has 3 atom stereocenters. The van der Waals surface area contributed by atoms with Gasteiger partial charge in [-0.1, -0.05) is 13.8 Å². The van der Waals surface area contributed by atoms with Gasteiger partial charge in [0.15, 0.2) is 5.82 Å². The van der Waals surface area contributed by atoms with E-state index < -0.39 is 30.7 Å². The third-order valence-electron chi connectivity index (χ3n) is 7.86. The lowest BCUT2D eigenvalue weighted by Gasteiger charge is -2.19. The third-order valence-corrected chi connectivity index (χ3v) is 7.86. The smallest absolute Gasteiger partial charge is 0.318 e. The van der Waals surface area contributed by atoms with Gasteiger partial charge in [0.2, 0.25) is 12.3 Å². The normalized spacial score (nSPS) is 21.4. The zero-order valence-electron chi connectivity index (χ0n) is 26.1. The quantitative estimate of drug-likeness (QED) is 0.243. The number of nitrogens with one attached hydrogen (secondary N) is 2. The van der Waals surface area contributed by atoms with Crippen molar-refractivity contribution in [1.29, 1.82) is 0 Å². The number of anilines is 2. The molecular weight excluding hydrogens is 597 g/mol. The Bertz CT molecular complexity index is 1440. The monoisotopic (exact) mass is 639 g/mol. The number of nitrogens with two attached hydrogens (primary N) is 1. The standard InChI is InChI=1S/C22H24F4N6O2.C7H12FN.C2H6/c1-10-3-4-28-5-6-29-20-16-19(31-22(32-20)33-2)17(26)18(30-21(16)34-10)12-9-14(27)13(23)7-11(12)8-15(24)25;8-6-4-7-2-1-3-9(7)5-6;1-2/h7,9-10,15,28H,3-6,8,27H2,1-2H3,(H,29,31,32);6-7H,1-5H2;1-2H3. The highest BCUT2D eigenvalue weighted by Gasteiger charge is 2.34. The van der Waals surface area contributed by atoms with E-state index in [4.69, 9.17) is 15.2 Å². The van der Waals surface area contributed by atoms with Crippen molar-refractivity contribution in [1.82, 2.24) is 25.2 Å². The molecule has 14 heteroatoms. The number of nitrogen functional groups attached to an aromatic ring is 1. The highest BCUT2D eigenvalue weighted by atomic mass is 19.3. The van der Waals surface area contributed by atoms with Gasteiger partial charge in [-0.2, -0.15) is 9.97 Å². The first-order valence-electron chi connectivity index (χ1n) is 15.5. The summed E-state index contributed by atoms with van der Waals surface area (Å²) in [4.78, 5) is 15.1. The molecule has 0 spiro atoms. The maximum absolute atomic E-state index is 15.9. The number of ether oxygens (including phenoxy) is 2. The summed E-state index contributed by atoms with van der Waals surface area (Å²) in [6.45, 7) is 9.44. The molecule has 5 heterocycles. The minimum Gasteiger partial charge on any atom is -0.474 e. The first-order chi connectivity index (χ1) is 21.6. The van der Waals surface area contributed by atoms with Crippen LogP contribution in [-0.4, -0.2) is 84.4 Å². The molecule has 248 valence electrons. The highest BCUT2D eigenvalue weighted by molar-refractivity contribution is 5.96. The highest BCUT2D eigenvalue weighted by Crippen LogP contribution is 2.39. The molecule has 1 aromatic carbocycles. The van der Waals surface area contributed by atoms with Crippen LogP contribution in [0.2, 0.25) is 0 Å². The van der Waals surface area contributed by atoms with Gasteiger partial charge in [-0.05, 0) is 63.4 Å². The lowest BCUT2D eigenvalue weighted by Crippen LogP contribution is -2.26. The number of aromatic nitrogens is 3. The van der Waals surface area contributed by atoms with Crippen molar-refractivity contribution in [2.45, 2.75) is 77.6 Å². The van der Waals surface area contributed by atoms with Crippen LogP contribution < -0.4 is 25.8 Å². The van der Waals surface area contributed by atoms with Gasteiger partial charge < -0.3 is 25.8 Å². The fourth-order valence-corrected chi connectivity index (χ4v) is 5.77. The van der Waals surface area contributed by atoms with Crippen molar-refractivity contribution in [3.05, 3.63) is 29.3 Å². The Morgan fingerprint density at radius 2 is 1.89 bits per heavy atom. The summed E-state index contributed by atoms with van der Waals surface area (Å²) in [6, 6.07) is 2.46. The minimum absolute atomic E-state index is 0.0110. The van der Waals surface area contributed by atoms with Crippen LogP contribution in [0.5, 0.6) is 11.9 Å². The van der Waals surface area contributed by atoms with Gasteiger partial charge in [0.25, 0.3) is 0 Å². The maximum atomic E-state index is 15.9. The summed E-state index contributed by atoms with van der Waals surface area (Å²) in [6.07, 6.45) is -0.499. The Morgan fingerprint density at radius 1 is 1.11 bits per heavy atom. The van der Waals surface area contributed by atoms with Crippen LogP contribution in [0.4, 0.5) is 33.5 Å². The predicted molar refractivity (Wildman–Crippen MR) is 165 cm³/mol. The van der Waals surface area contributed by atoms with Gasteiger partial charge in [0, 0.05) is 37.7 Å². The van der Waals surface area contributed by atoms with Crippen LogP contribution in [0.3, 0.4) is 0 Å². The number of halogens is 5. The Kier molecular flexibility index (Phi) is 12.0. The van der Waals surface area contributed by atoms with Gasteiger partial charge in [0.05, 0.1) is 18.9 Å². The molecule has 2 fully saturated rings. The number of fused-ring (bicyclic) bond motifs is 1. The predicted octanol–water partition coefficient (Wildman–Crippen LogP) is 5.76. The average molecular weight is 640 g/mol. The van der Waals surface area contributed by atoms with Crippen molar-refractivity contribution in [3.8, 4) is 23.1 Å². The Balaban J connectivity index is 0.000000352. The van der Waals surface area contributed by atoms with Crippen LogP contribution in [-0.2, 0) is 6.42 Å². The molecule has 9 nitrogen and oxygen atoms in total. The van der Waals surface area contributed by atoms with Gasteiger partial charge in [-0.25, -0.2) is 26.9 Å². The molecule has 0 saturated carbocycles. The number of alkyl halides is 3. The molecule has 6 rings (SSSR count). The summed E-state index contributed by atoms with van der Waals surface area (Å²) in [5, 5.41) is 6.54. The fraction of sp³-hybridized carbons (Fsp3) is 0.581. The van der Waals surface area contributed by atoms with E-state index in [0.717, 1.165) is 25.1 Å². The molecule has 2 aromatic heterocycles. The molecule has 0 radical (unpaired) electrons. The van der Waals surface area contributed by atoms with E-state index in [1.165, 1.54) is 20.0 Å². The van der Waals surface area contributed by atoms with Crippen molar-refractivity contribution >= 4 is 22.4 Å². The molecule has 2 saturated heterocycles. The zero-order valence-corrected chi connectivity index (χ0v) is 26.1. The SMILES string of the molecule is CC.COc1nc2c3c(nc(-c4cc(N)c(F)cc4CC(F)F)c(F)c3n1)OC(C)CCNCCN2.FC1CC2CCCN2C1. The Hall–Kier alpha value is -3.52. The topological polar surface area (TPSA) is 110 Å². The van der Waals surface area contributed by atoms with Crippen LogP contribution in [0.1, 0.15) is 52.0 Å². The zero-order chi connectivity index (χ0) is 32.7. The summed E-state index contributed by atoms with van der Waals surface area (Å²) >= 11 is 0. The molecule has 3 aromatic rings. The van der Waals surface area contributed by atoms with Crippen LogP contribution in [0.25, 0.3) is 22.2 Å². The molecule has 3 aliphatic heterocycles. The van der Waals surface area contributed by atoms with E-state index in [9.17, 15) is 17.6 Å². The fourth-order valence-electron chi connectivity index (χ4n) is 5.77.